The third-order valence-corrected chi connectivity index (χ3v) is 4.05. The first-order valence-electron chi connectivity index (χ1n) is 7.37. The fourth-order valence-corrected chi connectivity index (χ4v) is 2.56. The first-order chi connectivity index (χ1) is 11.1. The Bertz CT molecular complexity index is 802. The molecule has 0 fully saturated rings. The van der Waals surface area contributed by atoms with E-state index in [-0.39, 0.29) is 0 Å². The quantitative estimate of drug-likeness (QED) is 0.728. The molecule has 3 aromatic heterocycles. The van der Waals surface area contributed by atoms with Gasteiger partial charge in [-0.15, -0.1) is 0 Å². The molecule has 3 aromatic rings. The highest BCUT2D eigenvalue weighted by Crippen LogP contribution is 2.21. The van der Waals surface area contributed by atoms with Crippen LogP contribution in [0, 0.1) is 13.8 Å². The van der Waals surface area contributed by atoms with Gasteiger partial charge >= 0.3 is 0 Å². The van der Waals surface area contributed by atoms with Crippen molar-refractivity contribution in [2.75, 3.05) is 11.9 Å². The Kier molecular flexibility index (Phi) is 4.71. The van der Waals surface area contributed by atoms with Gasteiger partial charge in [-0.3, -0.25) is 4.98 Å². The van der Waals surface area contributed by atoms with Crippen LogP contribution in [0.5, 0.6) is 0 Å². The highest BCUT2D eigenvalue weighted by Gasteiger charge is 2.09. The first kappa shape index (κ1) is 15.7. The number of anilines is 1. The number of furan rings is 1. The van der Waals surface area contributed by atoms with Crippen LogP contribution in [-0.4, -0.2) is 21.5 Å². The van der Waals surface area contributed by atoms with Crippen molar-refractivity contribution in [3.05, 3.63) is 58.3 Å². The molecule has 3 rings (SSSR count). The zero-order valence-corrected chi connectivity index (χ0v) is 14.6. The fourth-order valence-electron chi connectivity index (χ4n) is 2.22. The molecule has 5 nitrogen and oxygen atoms in total. The van der Waals surface area contributed by atoms with Crippen molar-refractivity contribution in [1.82, 2.24) is 15.0 Å². The van der Waals surface area contributed by atoms with E-state index in [1.165, 1.54) is 0 Å². The zero-order valence-electron chi connectivity index (χ0n) is 13.0. The highest BCUT2D eigenvalue weighted by atomic mass is 79.9. The van der Waals surface area contributed by atoms with E-state index in [1.54, 1.807) is 12.4 Å². The van der Waals surface area contributed by atoms with Crippen LogP contribution in [0.25, 0.3) is 11.4 Å². The molecule has 6 heteroatoms. The summed E-state index contributed by atoms with van der Waals surface area (Å²) in [6.45, 7) is 4.76. The minimum absolute atomic E-state index is 0.707. The maximum absolute atomic E-state index is 5.51. The molecule has 118 valence electrons. The Morgan fingerprint density at radius 2 is 1.87 bits per heavy atom. The molecule has 23 heavy (non-hydrogen) atoms. The van der Waals surface area contributed by atoms with Gasteiger partial charge in [0.15, 0.2) is 10.5 Å². The van der Waals surface area contributed by atoms with Crippen molar-refractivity contribution in [1.29, 1.82) is 0 Å². The van der Waals surface area contributed by atoms with Gasteiger partial charge < -0.3 is 9.73 Å². The highest BCUT2D eigenvalue weighted by molar-refractivity contribution is 9.10. The van der Waals surface area contributed by atoms with Crippen LogP contribution in [0.15, 0.2) is 45.7 Å². The van der Waals surface area contributed by atoms with Crippen LogP contribution in [0.4, 0.5) is 5.82 Å². The Balaban J connectivity index is 1.77. The summed E-state index contributed by atoms with van der Waals surface area (Å²) >= 11 is 3.31. The number of nitrogens with zero attached hydrogens (tertiary/aromatic N) is 3. The number of rotatable bonds is 5. The summed E-state index contributed by atoms with van der Waals surface area (Å²) in [5.74, 6) is 2.50. The number of aryl methyl sites for hydroxylation is 1. The van der Waals surface area contributed by atoms with Crippen molar-refractivity contribution in [2.45, 2.75) is 20.3 Å². The summed E-state index contributed by atoms with van der Waals surface area (Å²) in [6, 6.07) is 7.69. The third-order valence-electron chi connectivity index (χ3n) is 3.62. The van der Waals surface area contributed by atoms with Gasteiger partial charge in [-0.2, -0.15) is 0 Å². The van der Waals surface area contributed by atoms with Gasteiger partial charge in [-0.1, -0.05) is 0 Å². The summed E-state index contributed by atoms with van der Waals surface area (Å²) < 4.78 is 6.26. The number of nitrogens with one attached hydrogen (secondary N) is 1. The van der Waals surface area contributed by atoms with E-state index in [0.717, 1.165) is 46.0 Å². The maximum atomic E-state index is 5.51. The van der Waals surface area contributed by atoms with E-state index in [4.69, 9.17) is 4.42 Å². The van der Waals surface area contributed by atoms with E-state index < -0.39 is 0 Å². The topological polar surface area (TPSA) is 63.8 Å². The van der Waals surface area contributed by atoms with Crippen LogP contribution in [0.3, 0.4) is 0 Å². The number of halogens is 1. The Morgan fingerprint density at radius 3 is 2.57 bits per heavy atom. The zero-order chi connectivity index (χ0) is 16.2. The minimum Gasteiger partial charge on any atom is -0.454 e. The standard InChI is InChI=1S/C17H17BrN4O/c1-11-12(2)21-17(13-5-8-19-9-6-13)22-16(11)20-10-7-14-3-4-15(18)23-14/h3-6,8-9H,7,10H2,1-2H3,(H,20,21,22). The molecule has 3 heterocycles. The van der Waals surface area contributed by atoms with E-state index in [9.17, 15) is 0 Å². The summed E-state index contributed by atoms with van der Waals surface area (Å²) in [6.07, 6.45) is 4.28. The lowest BCUT2D eigenvalue weighted by Crippen LogP contribution is -2.10. The molecular weight excluding hydrogens is 356 g/mol. The van der Waals surface area contributed by atoms with Gasteiger partial charge in [0.25, 0.3) is 0 Å². The lowest BCUT2D eigenvalue weighted by atomic mass is 10.2. The van der Waals surface area contributed by atoms with E-state index in [1.807, 2.05) is 38.1 Å². The Labute approximate surface area is 143 Å². The molecule has 0 saturated heterocycles. The van der Waals surface area contributed by atoms with Crippen LogP contribution < -0.4 is 5.32 Å². The summed E-state index contributed by atoms with van der Waals surface area (Å²) in [5.41, 5.74) is 2.99. The summed E-state index contributed by atoms with van der Waals surface area (Å²) in [7, 11) is 0. The fraction of sp³-hybridized carbons (Fsp3) is 0.235. The average molecular weight is 373 g/mol. The smallest absolute Gasteiger partial charge is 0.169 e. The lowest BCUT2D eigenvalue weighted by molar-refractivity contribution is 0.491. The van der Waals surface area contributed by atoms with Gasteiger partial charge in [0.2, 0.25) is 0 Å². The van der Waals surface area contributed by atoms with Crippen LogP contribution in [-0.2, 0) is 6.42 Å². The molecular formula is C17H17BrN4O. The molecule has 0 aromatic carbocycles. The predicted octanol–water partition coefficient (Wildman–Crippen LogP) is 4.17. The molecule has 0 aliphatic carbocycles. The second-order valence-electron chi connectivity index (χ2n) is 5.22. The summed E-state index contributed by atoms with van der Waals surface area (Å²) in [5, 5.41) is 3.38. The predicted molar refractivity (Wildman–Crippen MR) is 93.3 cm³/mol. The van der Waals surface area contributed by atoms with Gasteiger partial charge in [-0.25, -0.2) is 9.97 Å². The molecule has 0 aliphatic rings. The van der Waals surface area contributed by atoms with Gasteiger partial charge in [0.1, 0.15) is 11.6 Å². The molecule has 0 aliphatic heterocycles. The van der Waals surface area contributed by atoms with Crippen molar-refractivity contribution >= 4 is 21.7 Å². The average Bonchev–Trinajstić information content (AvgIpc) is 2.97. The molecule has 0 amide bonds. The SMILES string of the molecule is Cc1nc(-c2ccncc2)nc(NCCc2ccc(Br)o2)c1C. The Hall–Kier alpha value is -2.21. The van der Waals surface area contributed by atoms with E-state index in [2.05, 4.69) is 36.2 Å². The number of pyridine rings is 1. The second-order valence-corrected chi connectivity index (χ2v) is 6.01. The lowest BCUT2D eigenvalue weighted by Gasteiger charge is -2.12. The monoisotopic (exact) mass is 372 g/mol. The minimum atomic E-state index is 0.707. The molecule has 0 radical (unpaired) electrons. The van der Waals surface area contributed by atoms with Crippen LogP contribution >= 0.6 is 15.9 Å². The number of hydrogen-bond acceptors (Lipinski definition) is 5. The summed E-state index contributed by atoms with van der Waals surface area (Å²) in [4.78, 5) is 13.3. The first-order valence-corrected chi connectivity index (χ1v) is 8.16. The van der Waals surface area contributed by atoms with E-state index >= 15 is 0 Å². The molecule has 0 unspecified atom stereocenters. The molecule has 0 atom stereocenters. The maximum Gasteiger partial charge on any atom is 0.169 e. The van der Waals surface area contributed by atoms with Gasteiger partial charge in [0, 0.05) is 42.2 Å². The van der Waals surface area contributed by atoms with Gasteiger partial charge in [-0.05, 0) is 54.0 Å². The van der Waals surface area contributed by atoms with Crippen LogP contribution in [0.1, 0.15) is 17.0 Å². The van der Waals surface area contributed by atoms with Gasteiger partial charge in [0.05, 0.1) is 0 Å². The second kappa shape index (κ2) is 6.91. The molecule has 1 N–H and O–H groups in total. The van der Waals surface area contributed by atoms with Crippen molar-refractivity contribution in [2.24, 2.45) is 0 Å². The van der Waals surface area contributed by atoms with Crippen LogP contribution in [0.2, 0.25) is 0 Å². The molecule has 0 spiro atoms. The number of hydrogen-bond donors (Lipinski definition) is 1. The van der Waals surface area contributed by atoms with Crippen molar-refractivity contribution < 1.29 is 4.42 Å². The van der Waals surface area contributed by atoms with Crippen molar-refractivity contribution in [3.63, 3.8) is 0 Å². The van der Waals surface area contributed by atoms with E-state index in [0.29, 0.717) is 5.82 Å². The largest absolute Gasteiger partial charge is 0.454 e. The molecule has 0 saturated carbocycles. The normalized spacial score (nSPS) is 10.7. The third kappa shape index (κ3) is 3.76. The Morgan fingerprint density at radius 1 is 1.09 bits per heavy atom. The molecule has 0 bridgehead atoms. The number of aromatic nitrogens is 3. The van der Waals surface area contributed by atoms with Crippen molar-refractivity contribution in [3.8, 4) is 11.4 Å².